The second-order valence-electron chi connectivity index (χ2n) is 6.48. The Morgan fingerprint density at radius 2 is 1.39 bits per heavy atom. The summed E-state index contributed by atoms with van der Waals surface area (Å²) in [6.45, 7) is 0.431. The van der Waals surface area contributed by atoms with Gasteiger partial charge in [0.15, 0.2) is 0 Å². The van der Waals surface area contributed by atoms with E-state index in [1.54, 1.807) is 18.2 Å². The molecule has 4 aromatic carbocycles. The van der Waals surface area contributed by atoms with Crippen LogP contribution in [-0.4, -0.2) is 0 Å². The summed E-state index contributed by atoms with van der Waals surface area (Å²) in [6, 6.07) is 30.0. The highest BCUT2D eigenvalue weighted by Gasteiger charge is 2.12. The smallest absolute Gasteiger partial charge is 0.131 e. The van der Waals surface area contributed by atoms with Gasteiger partial charge in [0.05, 0.1) is 0 Å². The van der Waals surface area contributed by atoms with Crippen molar-refractivity contribution in [2.75, 3.05) is 0 Å². The number of ether oxygens (including phenoxy) is 1. The van der Waals surface area contributed by atoms with Gasteiger partial charge in [0.25, 0.3) is 0 Å². The minimum absolute atomic E-state index is 0.280. The lowest BCUT2D eigenvalue weighted by molar-refractivity contribution is 0.307. The largest absolute Gasteiger partial charge is 0.488 e. The molecule has 0 atom stereocenters. The van der Waals surface area contributed by atoms with Crippen molar-refractivity contribution in [2.45, 2.75) is 6.61 Å². The Bertz CT molecular complexity index is 1080. The average Bonchev–Trinajstić information content (AvgIpc) is 2.74. The Morgan fingerprint density at radius 3 is 2.11 bits per heavy atom. The predicted molar refractivity (Wildman–Crippen MR) is 113 cm³/mol. The van der Waals surface area contributed by atoms with Crippen molar-refractivity contribution in [3.63, 3.8) is 0 Å². The summed E-state index contributed by atoms with van der Waals surface area (Å²) < 4.78 is 20.8. The van der Waals surface area contributed by atoms with Gasteiger partial charge in [0, 0.05) is 16.1 Å². The topological polar surface area (TPSA) is 9.23 Å². The van der Waals surface area contributed by atoms with Gasteiger partial charge in [-0.2, -0.15) is 0 Å². The first kappa shape index (κ1) is 18.3. The van der Waals surface area contributed by atoms with Gasteiger partial charge in [-0.15, -0.1) is 0 Å². The number of halogens is 2. The van der Waals surface area contributed by atoms with Gasteiger partial charge < -0.3 is 4.74 Å². The molecule has 0 bridgehead atoms. The van der Waals surface area contributed by atoms with E-state index >= 15 is 0 Å². The number of hydrogen-bond acceptors (Lipinski definition) is 1. The Hall–Kier alpha value is -3.10. The van der Waals surface area contributed by atoms with Crippen molar-refractivity contribution in [3.8, 4) is 28.0 Å². The van der Waals surface area contributed by atoms with Crippen LogP contribution in [0.25, 0.3) is 22.3 Å². The van der Waals surface area contributed by atoms with Gasteiger partial charge in [-0.3, -0.25) is 0 Å². The van der Waals surface area contributed by atoms with Crippen molar-refractivity contribution in [1.82, 2.24) is 0 Å². The molecule has 4 rings (SSSR count). The Labute approximate surface area is 169 Å². The highest BCUT2D eigenvalue weighted by Crippen LogP contribution is 2.35. The molecular formula is C25H18ClFO. The van der Waals surface area contributed by atoms with Crippen molar-refractivity contribution in [1.29, 1.82) is 0 Å². The first-order chi connectivity index (χ1) is 13.7. The fourth-order valence-electron chi connectivity index (χ4n) is 3.12. The van der Waals surface area contributed by atoms with Crippen molar-refractivity contribution in [3.05, 3.63) is 113 Å². The number of hydrogen-bond donors (Lipinski definition) is 0. The lowest BCUT2D eigenvalue weighted by Crippen LogP contribution is -1.97. The standard InChI is InChI=1S/C25H18ClFO/c26-21-12-14-25(28-17-18-7-3-1-4-8-18)23(16-21)20-11-13-22(24(27)15-20)19-9-5-2-6-10-19/h1-16H,17H2. The quantitative estimate of drug-likeness (QED) is 0.346. The molecule has 3 heteroatoms. The van der Waals surface area contributed by atoms with Gasteiger partial charge in [-0.1, -0.05) is 84.4 Å². The minimum atomic E-state index is -0.280. The SMILES string of the molecule is Fc1cc(-c2cc(Cl)ccc2OCc2ccccc2)ccc1-c1ccccc1. The molecule has 0 aliphatic rings. The molecule has 0 fully saturated rings. The zero-order valence-electron chi connectivity index (χ0n) is 15.1. The summed E-state index contributed by atoms with van der Waals surface area (Å²) in [7, 11) is 0. The van der Waals surface area contributed by atoms with Crippen LogP contribution in [0, 0.1) is 5.82 Å². The first-order valence-corrected chi connectivity index (χ1v) is 9.40. The molecule has 0 saturated heterocycles. The minimum Gasteiger partial charge on any atom is -0.488 e. The van der Waals surface area contributed by atoms with Gasteiger partial charge in [0.1, 0.15) is 18.2 Å². The van der Waals surface area contributed by atoms with Gasteiger partial charge in [-0.25, -0.2) is 4.39 Å². The molecule has 0 heterocycles. The molecular weight excluding hydrogens is 371 g/mol. The summed E-state index contributed by atoms with van der Waals surface area (Å²) in [5.41, 5.74) is 3.97. The Morgan fingerprint density at radius 1 is 0.679 bits per heavy atom. The number of rotatable bonds is 5. The summed E-state index contributed by atoms with van der Waals surface area (Å²) in [6.07, 6.45) is 0. The third kappa shape index (κ3) is 4.08. The molecule has 0 aliphatic carbocycles. The van der Waals surface area contributed by atoms with Crippen molar-refractivity contribution < 1.29 is 9.13 Å². The maximum Gasteiger partial charge on any atom is 0.131 e. The summed E-state index contributed by atoms with van der Waals surface area (Å²) in [5.74, 6) is 0.387. The average molecular weight is 389 g/mol. The molecule has 0 spiro atoms. The van der Waals surface area contributed by atoms with Crippen LogP contribution in [0.3, 0.4) is 0 Å². The second-order valence-corrected chi connectivity index (χ2v) is 6.91. The van der Waals surface area contributed by atoms with Gasteiger partial charge in [-0.05, 0) is 41.0 Å². The molecule has 0 aliphatic heterocycles. The van der Waals surface area contributed by atoms with E-state index < -0.39 is 0 Å². The molecule has 0 N–H and O–H groups in total. The molecule has 0 amide bonds. The molecule has 0 radical (unpaired) electrons. The molecule has 4 aromatic rings. The summed E-state index contributed by atoms with van der Waals surface area (Å²) >= 11 is 6.20. The third-order valence-corrected chi connectivity index (χ3v) is 4.78. The van der Waals surface area contributed by atoms with Crippen LogP contribution in [-0.2, 0) is 6.61 Å². The van der Waals surface area contributed by atoms with E-state index in [2.05, 4.69) is 0 Å². The van der Waals surface area contributed by atoms with Crippen LogP contribution >= 0.6 is 11.6 Å². The lowest BCUT2D eigenvalue weighted by Gasteiger charge is -2.13. The fraction of sp³-hybridized carbons (Fsp3) is 0.0400. The molecule has 0 saturated carbocycles. The highest BCUT2D eigenvalue weighted by molar-refractivity contribution is 6.31. The molecule has 0 unspecified atom stereocenters. The first-order valence-electron chi connectivity index (χ1n) is 9.02. The normalized spacial score (nSPS) is 10.6. The molecule has 138 valence electrons. The number of benzene rings is 4. The van der Waals surface area contributed by atoms with Gasteiger partial charge >= 0.3 is 0 Å². The van der Waals surface area contributed by atoms with E-state index in [0.29, 0.717) is 22.9 Å². The third-order valence-electron chi connectivity index (χ3n) is 4.54. The maximum absolute atomic E-state index is 14.8. The van der Waals surface area contributed by atoms with E-state index in [4.69, 9.17) is 16.3 Å². The monoisotopic (exact) mass is 388 g/mol. The van der Waals surface area contributed by atoms with E-state index in [0.717, 1.165) is 22.3 Å². The van der Waals surface area contributed by atoms with E-state index in [-0.39, 0.29) is 5.82 Å². The Balaban J connectivity index is 1.67. The van der Waals surface area contributed by atoms with Crippen LogP contribution in [0.15, 0.2) is 97.1 Å². The van der Waals surface area contributed by atoms with Crippen LogP contribution in [0.4, 0.5) is 4.39 Å². The lowest BCUT2D eigenvalue weighted by atomic mass is 9.99. The highest BCUT2D eigenvalue weighted by atomic mass is 35.5. The van der Waals surface area contributed by atoms with Crippen molar-refractivity contribution >= 4 is 11.6 Å². The maximum atomic E-state index is 14.8. The van der Waals surface area contributed by atoms with Crippen molar-refractivity contribution in [2.24, 2.45) is 0 Å². The van der Waals surface area contributed by atoms with Crippen LogP contribution in [0.1, 0.15) is 5.56 Å². The molecule has 1 nitrogen and oxygen atoms in total. The van der Waals surface area contributed by atoms with Crippen LogP contribution in [0.5, 0.6) is 5.75 Å². The summed E-state index contributed by atoms with van der Waals surface area (Å²) in [5, 5.41) is 0.578. The van der Waals surface area contributed by atoms with Crippen LogP contribution in [0.2, 0.25) is 5.02 Å². The van der Waals surface area contributed by atoms with Gasteiger partial charge in [0.2, 0.25) is 0 Å². The van der Waals surface area contributed by atoms with E-state index in [1.165, 1.54) is 6.07 Å². The fourth-order valence-corrected chi connectivity index (χ4v) is 3.30. The zero-order chi connectivity index (χ0) is 19.3. The zero-order valence-corrected chi connectivity index (χ0v) is 15.9. The molecule has 0 aromatic heterocycles. The second kappa shape index (κ2) is 8.28. The predicted octanol–water partition coefficient (Wildman–Crippen LogP) is 7.39. The molecule has 28 heavy (non-hydrogen) atoms. The van der Waals surface area contributed by atoms with E-state index in [9.17, 15) is 4.39 Å². The van der Waals surface area contributed by atoms with Crippen LogP contribution < -0.4 is 4.74 Å². The Kier molecular flexibility index (Phi) is 5.41. The summed E-state index contributed by atoms with van der Waals surface area (Å²) in [4.78, 5) is 0. The van der Waals surface area contributed by atoms with E-state index in [1.807, 2.05) is 72.8 Å².